The van der Waals surface area contributed by atoms with Crippen LogP contribution in [0.25, 0.3) is 0 Å². The van der Waals surface area contributed by atoms with Crippen molar-refractivity contribution in [2.24, 2.45) is 0 Å². The average molecular weight is 303 g/mol. The fourth-order valence-corrected chi connectivity index (χ4v) is 2.17. The van der Waals surface area contributed by atoms with Crippen LogP contribution in [0.2, 0.25) is 5.02 Å². The predicted molar refractivity (Wildman–Crippen MR) is 55.4 cm³/mol. The highest BCUT2D eigenvalue weighted by Gasteiger charge is 2.18. The van der Waals surface area contributed by atoms with E-state index in [1.165, 1.54) is 7.05 Å². The van der Waals surface area contributed by atoms with Crippen LogP contribution in [0.15, 0.2) is 21.5 Å². The Morgan fingerprint density at radius 3 is 2.57 bits per heavy atom. The van der Waals surface area contributed by atoms with Gasteiger partial charge in [0, 0.05) is 4.47 Å². The Bertz CT molecular complexity index is 463. The first-order valence-corrected chi connectivity index (χ1v) is 6.12. The molecular formula is C7H6BrClFNO2S. The van der Waals surface area contributed by atoms with Gasteiger partial charge in [0.25, 0.3) is 0 Å². The summed E-state index contributed by atoms with van der Waals surface area (Å²) in [6.07, 6.45) is 0. The van der Waals surface area contributed by atoms with Gasteiger partial charge in [-0.25, -0.2) is 17.5 Å². The Labute approximate surface area is 94.4 Å². The summed E-state index contributed by atoms with van der Waals surface area (Å²) in [5, 5.41) is 0.139. The lowest BCUT2D eigenvalue weighted by Gasteiger charge is -2.05. The van der Waals surface area contributed by atoms with E-state index in [2.05, 4.69) is 15.9 Å². The van der Waals surface area contributed by atoms with E-state index >= 15 is 0 Å². The first kappa shape index (κ1) is 11.9. The molecular weight excluding hydrogens is 297 g/mol. The van der Waals surface area contributed by atoms with Crippen molar-refractivity contribution in [3.05, 3.63) is 27.4 Å². The number of hydrogen-bond donors (Lipinski definition) is 1. The molecule has 0 aromatic heterocycles. The van der Waals surface area contributed by atoms with Crippen LogP contribution in [-0.4, -0.2) is 15.5 Å². The Hall–Kier alpha value is -0.170. The molecule has 0 heterocycles. The van der Waals surface area contributed by atoms with Crippen LogP contribution in [0.5, 0.6) is 0 Å². The number of nitrogens with one attached hydrogen (secondary N) is 1. The minimum atomic E-state index is -3.80. The fourth-order valence-electron chi connectivity index (χ4n) is 0.820. The number of rotatable bonds is 2. The van der Waals surface area contributed by atoms with Crippen molar-refractivity contribution in [3.63, 3.8) is 0 Å². The smallest absolute Gasteiger partial charge is 0.214 e. The molecule has 1 rings (SSSR count). The van der Waals surface area contributed by atoms with E-state index in [9.17, 15) is 12.8 Å². The lowest BCUT2D eigenvalue weighted by atomic mass is 10.3. The molecule has 0 radical (unpaired) electrons. The SMILES string of the molecule is CNS(=O)(=O)c1cc(Cl)c(Br)cc1F. The van der Waals surface area contributed by atoms with Gasteiger partial charge in [-0.2, -0.15) is 0 Å². The molecule has 0 atom stereocenters. The Balaban J connectivity index is 3.45. The van der Waals surface area contributed by atoms with Crippen molar-refractivity contribution in [1.29, 1.82) is 0 Å². The molecule has 1 aromatic carbocycles. The molecule has 0 saturated heterocycles. The van der Waals surface area contributed by atoms with Crippen molar-refractivity contribution < 1.29 is 12.8 Å². The van der Waals surface area contributed by atoms with E-state index in [0.29, 0.717) is 4.47 Å². The molecule has 0 fully saturated rings. The molecule has 0 bridgehead atoms. The van der Waals surface area contributed by atoms with Crippen molar-refractivity contribution in [2.75, 3.05) is 7.05 Å². The summed E-state index contributed by atoms with van der Waals surface area (Å²) in [6.45, 7) is 0. The molecule has 0 aliphatic rings. The van der Waals surface area contributed by atoms with Crippen molar-refractivity contribution >= 4 is 37.6 Å². The Morgan fingerprint density at radius 1 is 1.50 bits per heavy atom. The number of halogens is 3. The van der Waals surface area contributed by atoms with E-state index in [-0.39, 0.29) is 5.02 Å². The quantitative estimate of drug-likeness (QED) is 0.851. The average Bonchev–Trinajstić information content (AvgIpc) is 2.11. The minimum Gasteiger partial charge on any atom is -0.214 e. The van der Waals surface area contributed by atoms with Gasteiger partial charge < -0.3 is 0 Å². The highest BCUT2D eigenvalue weighted by atomic mass is 79.9. The van der Waals surface area contributed by atoms with E-state index in [4.69, 9.17) is 11.6 Å². The van der Waals surface area contributed by atoms with Gasteiger partial charge >= 0.3 is 0 Å². The van der Waals surface area contributed by atoms with Gasteiger partial charge in [0.1, 0.15) is 10.7 Å². The predicted octanol–water partition coefficient (Wildman–Crippen LogP) is 2.15. The van der Waals surface area contributed by atoms with Crippen LogP contribution >= 0.6 is 27.5 Å². The summed E-state index contributed by atoms with van der Waals surface area (Å²) in [5.41, 5.74) is 0. The van der Waals surface area contributed by atoms with Crippen LogP contribution in [0, 0.1) is 5.82 Å². The maximum atomic E-state index is 13.2. The molecule has 0 amide bonds. The summed E-state index contributed by atoms with van der Waals surface area (Å²) in [5.74, 6) is -0.851. The van der Waals surface area contributed by atoms with Crippen LogP contribution in [-0.2, 0) is 10.0 Å². The molecule has 0 aliphatic carbocycles. The third kappa shape index (κ3) is 2.25. The minimum absolute atomic E-state index is 0.139. The van der Waals surface area contributed by atoms with E-state index in [1.807, 2.05) is 4.72 Å². The van der Waals surface area contributed by atoms with Crippen molar-refractivity contribution in [1.82, 2.24) is 4.72 Å². The summed E-state index contributed by atoms with van der Waals surface area (Å²) >= 11 is 8.62. The third-order valence-electron chi connectivity index (χ3n) is 1.53. The van der Waals surface area contributed by atoms with Gasteiger partial charge in [-0.15, -0.1) is 0 Å². The monoisotopic (exact) mass is 301 g/mol. The first-order valence-electron chi connectivity index (χ1n) is 3.46. The van der Waals surface area contributed by atoms with E-state index in [0.717, 1.165) is 12.1 Å². The number of benzene rings is 1. The maximum Gasteiger partial charge on any atom is 0.243 e. The molecule has 14 heavy (non-hydrogen) atoms. The van der Waals surface area contributed by atoms with E-state index in [1.54, 1.807) is 0 Å². The Kier molecular flexibility index (Phi) is 3.52. The van der Waals surface area contributed by atoms with E-state index < -0.39 is 20.7 Å². The standard InChI is InChI=1S/C7H6BrClFNO2S/c1-11-14(12,13)7-3-5(9)4(8)2-6(7)10/h2-3,11H,1H3. The van der Waals surface area contributed by atoms with Crippen molar-refractivity contribution in [3.8, 4) is 0 Å². The summed E-state index contributed by atoms with van der Waals surface area (Å²) in [7, 11) is -2.60. The van der Waals surface area contributed by atoms with Gasteiger partial charge in [-0.05, 0) is 35.1 Å². The second kappa shape index (κ2) is 4.14. The van der Waals surface area contributed by atoms with Crippen LogP contribution < -0.4 is 4.72 Å². The number of sulfonamides is 1. The normalized spacial score (nSPS) is 11.7. The second-order valence-electron chi connectivity index (χ2n) is 2.40. The summed E-state index contributed by atoms with van der Waals surface area (Å²) in [6, 6.07) is 2.05. The van der Waals surface area contributed by atoms with Crippen molar-refractivity contribution in [2.45, 2.75) is 4.90 Å². The molecule has 7 heteroatoms. The molecule has 0 saturated carbocycles. The molecule has 0 unspecified atom stereocenters. The third-order valence-corrected chi connectivity index (χ3v) is 4.16. The molecule has 3 nitrogen and oxygen atoms in total. The molecule has 0 spiro atoms. The topological polar surface area (TPSA) is 46.2 Å². The largest absolute Gasteiger partial charge is 0.243 e. The Morgan fingerprint density at radius 2 is 2.07 bits per heavy atom. The van der Waals surface area contributed by atoms with Crippen LogP contribution in [0.3, 0.4) is 0 Å². The highest BCUT2D eigenvalue weighted by molar-refractivity contribution is 9.10. The zero-order valence-electron chi connectivity index (χ0n) is 7.01. The van der Waals surface area contributed by atoms with Gasteiger partial charge in [-0.1, -0.05) is 11.6 Å². The second-order valence-corrected chi connectivity index (χ2v) is 5.52. The summed E-state index contributed by atoms with van der Waals surface area (Å²) < 4.78 is 38.0. The molecule has 0 aliphatic heterocycles. The highest BCUT2D eigenvalue weighted by Crippen LogP contribution is 2.27. The summed E-state index contributed by atoms with van der Waals surface area (Å²) in [4.78, 5) is -0.465. The fraction of sp³-hybridized carbons (Fsp3) is 0.143. The first-order chi connectivity index (χ1) is 6.38. The maximum absolute atomic E-state index is 13.2. The zero-order valence-corrected chi connectivity index (χ0v) is 10.2. The van der Waals surface area contributed by atoms with Gasteiger partial charge in [0.2, 0.25) is 10.0 Å². The van der Waals surface area contributed by atoms with Crippen LogP contribution in [0.4, 0.5) is 4.39 Å². The lowest BCUT2D eigenvalue weighted by Crippen LogP contribution is -2.19. The van der Waals surface area contributed by atoms with Gasteiger partial charge in [0.15, 0.2) is 0 Å². The zero-order chi connectivity index (χ0) is 10.9. The molecule has 78 valence electrons. The van der Waals surface area contributed by atoms with Crippen LogP contribution in [0.1, 0.15) is 0 Å². The van der Waals surface area contributed by atoms with Gasteiger partial charge in [-0.3, -0.25) is 0 Å². The number of hydrogen-bond acceptors (Lipinski definition) is 2. The lowest BCUT2D eigenvalue weighted by molar-refractivity contribution is 0.561. The molecule has 1 N–H and O–H groups in total. The molecule has 1 aromatic rings. The van der Waals surface area contributed by atoms with Gasteiger partial charge in [0.05, 0.1) is 5.02 Å².